The molecule has 0 bridgehead atoms. The number of hydrogen-bond acceptors (Lipinski definition) is 7. The van der Waals surface area contributed by atoms with Crippen molar-refractivity contribution in [1.29, 1.82) is 0 Å². The number of aromatic nitrogens is 1. The molecule has 7 heteroatoms. The fraction of sp³-hybridized carbons (Fsp3) is 0.700. The summed E-state index contributed by atoms with van der Waals surface area (Å²) in [6, 6.07) is 0. The summed E-state index contributed by atoms with van der Waals surface area (Å²) in [5.74, 6) is 0.610. The van der Waals surface area contributed by atoms with Gasteiger partial charge in [0.2, 0.25) is 0 Å². The fourth-order valence-electron chi connectivity index (χ4n) is 1.19. The smallest absolute Gasteiger partial charge is 0.153 e. The Morgan fingerprint density at radius 1 is 1.47 bits per heavy atom. The topological polar surface area (TPSA) is 63.4 Å². The Balaban J connectivity index is 2.18. The number of thioether (sulfide) groups is 1. The van der Waals surface area contributed by atoms with E-state index in [9.17, 15) is 0 Å². The van der Waals surface area contributed by atoms with Crippen LogP contribution in [0.5, 0.6) is 0 Å². The number of anilines is 2. The van der Waals surface area contributed by atoms with Crippen LogP contribution in [0.2, 0.25) is 0 Å². The molecular weight excluding hydrogens is 256 g/mol. The molecule has 0 unspecified atom stereocenters. The number of ether oxygens (including phenoxy) is 1. The Bertz CT molecular complexity index is 330. The van der Waals surface area contributed by atoms with E-state index in [1.54, 1.807) is 11.8 Å². The molecule has 1 aromatic rings. The Kier molecular flexibility index (Phi) is 6.64. The minimum absolute atomic E-state index is 0.610. The van der Waals surface area contributed by atoms with E-state index in [0.717, 1.165) is 29.6 Å². The van der Waals surface area contributed by atoms with Gasteiger partial charge in [0.15, 0.2) is 5.82 Å². The molecule has 0 aliphatic rings. The normalized spacial score (nSPS) is 11.1. The molecule has 1 heterocycles. The standard InChI is InChI=1S/C10H20N4OS2/c1-14(2)5-7-15-6-4-12-10-8(16-3)9(11)13-17-10/h12H,4-7H2,1-3H3,(H2,11,13). The number of nitrogens with zero attached hydrogens (tertiary/aromatic N) is 2. The second-order valence-corrected chi connectivity index (χ2v) is 5.36. The summed E-state index contributed by atoms with van der Waals surface area (Å²) in [4.78, 5) is 3.13. The molecule has 98 valence electrons. The van der Waals surface area contributed by atoms with E-state index in [1.807, 2.05) is 20.4 Å². The van der Waals surface area contributed by atoms with Crippen molar-refractivity contribution >= 4 is 34.1 Å². The number of hydrogen-bond donors (Lipinski definition) is 2. The van der Waals surface area contributed by atoms with Crippen molar-refractivity contribution in [2.24, 2.45) is 0 Å². The summed E-state index contributed by atoms with van der Waals surface area (Å²) >= 11 is 3.01. The minimum Gasteiger partial charge on any atom is -0.382 e. The van der Waals surface area contributed by atoms with Gasteiger partial charge in [-0.1, -0.05) is 0 Å². The van der Waals surface area contributed by atoms with Gasteiger partial charge in [-0.3, -0.25) is 0 Å². The molecule has 0 saturated carbocycles. The molecule has 17 heavy (non-hydrogen) atoms. The van der Waals surface area contributed by atoms with Gasteiger partial charge in [-0.25, -0.2) is 0 Å². The average molecular weight is 276 g/mol. The first kappa shape index (κ1) is 14.6. The van der Waals surface area contributed by atoms with Crippen molar-refractivity contribution in [2.75, 3.05) is 57.7 Å². The van der Waals surface area contributed by atoms with Crippen molar-refractivity contribution in [2.45, 2.75) is 4.90 Å². The zero-order valence-electron chi connectivity index (χ0n) is 10.5. The highest BCUT2D eigenvalue weighted by molar-refractivity contribution is 7.99. The first-order chi connectivity index (χ1) is 8.15. The van der Waals surface area contributed by atoms with Crippen LogP contribution in [-0.4, -0.2) is 55.9 Å². The molecular formula is C10H20N4OS2. The maximum Gasteiger partial charge on any atom is 0.153 e. The molecule has 0 aliphatic heterocycles. The number of likely N-dealkylation sites (N-methyl/N-ethyl adjacent to an activating group) is 1. The highest BCUT2D eigenvalue weighted by Gasteiger charge is 2.09. The molecule has 0 radical (unpaired) electrons. The maximum absolute atomic E-state index is 5.74. The van der Waals surface area contributed by atoms with E-state index in [0.29, 0.717) is 12.4 Å². The number of nitrogens with one attached hydrogen (secondary N) is 1. The lowest BCUT2D eigenvalue weighted by atomic mass is 10.5. The SMILES string of the molecule is CSc1c(N)nsc1NCCOCCN(C)C. The van der Waals surface area contributed by atoms with E-state index >= 15 is 0 Å². The van der Waals surface area contributed by atoms with Gasteiger partial charge in [0.05, 0.1) is 18.1 Å². The number of nitrogen functional groups attached to an aromatic ring is 1. The summed E-state index contributed by atoms with van der Waals surface area (Å²) in [6.45, 7) is 3.18. The van der Waals surface area contributed by atoms with Crippen LogP contribution in [0.4, 0.5) is 10.8 Å². The first-order valence-corrected chi connectivity index (χ1v) is 7.40. The lowest BCUT2D eigenvalue weighted by Crippen LogP contribution is -2.19. The molecule has 1 aromatic heterocycles. The van der Waals surface area contributed by atoms with Gasteiger partial charge in [0.25, 0.3) is 0 Å². The monoisotopic (exact) mass is 276 g/mol. The van der Waals surface area contributed by atoms with Gasteiger partial charge in [-0.2, -0.15) is 4.37 Å². The second kappa shape index (κ2) is 7.75. The van der Waals surface area contributed by atoms with Crippen molar-refractivity contribution in [1.82, 2.24) is 9.27 Å². The van der Waals surface area contributed by atoms with Gasteiger partial charge in [0.1, 0.15) is 5.00 Å². The molecule has 0 aliphatic carbocycles. The van der Waals surface area contributed by atoms with Crippen LogP contribution in [0.3, 0.4) is 0 Å². The summed E-state index contributed by atoms with van der Waals surface area (Å²) < 4.78 is 9.60. The van der Waals surface area contributed by atoms with Crippen LogP contribution < -0.4 is 11.1 Å². The van der Waals surface area contributed by atoms with Crippen LogP contribution in [0.1, 0.15) is 0 Å². The van der Waals surface area contributed by atoms with E-state index in [2.05, 4.69) is 14.6 Å². The van der Waals surface area contributed by atoms with E-state index in [4.69, 9.17) is 10.5 Å². The Hall–Kier alpha value is -0.500. The molecule has 5 nitrogen and oxygen atoms in total. The molecule has 0 amide bonds. The van der Waals surface area contributed by atoms with Crippen LogP contribution in [0.15, 0.2) is 4.90 Å². The summed E-state index contributed by atoms with van der Waals surface area (Å²) in [7, 11) is 4.07. The average Bonchev–Trinajstić information content (AvgIpc) is 2.63. The molecule has 1 rings (SSSR count). The predicted octanol–water partition coefficient (Wildman–Crippen LogP) is 1.44. The number of nitrogens with two attached hydrogens (primary N) is 1. The molecule has 0 saturated heterocycles. The number of rotatable bonds is 8. The van der Waals surface area contributed by atoms with Crippen molar-refractivity contribution in [3.05, 3.63) is 0 Å². The molecule has 0 fully saturated rings. The predicted molar refractivity (Wildman–Crippen MR) is 76.2 cm³/mol. The summed E-state index contributed by atoms with van der Waals surface area (Å²) in [5.41, 5.74) is 5.74. The van der Waals surface area contributed by atoms with E-state index < -0.39 is 0 Å². The molecule has 0 aromatic carbocycles. The highest BCUT2D eigenvalue weighted by atomic mass is 32.2. The van der Waals surface area contributed by atoms with Crippen LogP contribution in [0, 0.1) is 0 Å². The highest BCUT2D eigenvalue weighted by Crippen LogP contribution is 2.34. The second-order valence-electron chi connectivity index (χ2n) is 3.77. The molecule has 0 atom stereocenters. The van der Waals surface area contributed by atoms with Crippen LogP contribution in [-0.2, 0) is 4.74 Å². The van der Waals surface area contributed by atoms with Crippen LogP contribution >= 0.6 is 23.3 Å². The summed E-state index contributed by atoms with van der Waals surface area (Å²) in [5, 5.41) is 4.32. The third kappa shape index (κ3) is 5.12. The van der Waals surface area contributed by atoms with Crippen molar-refractivity contribution in [3.63, 3.8) is 0 Å². The van der Waals surface area contributed by atoms with Crippen molar-refractivity contribution in [3.8, 4) is 0 Å². The molecule has 0 spiro atoms. The Labute approximate surface area is 111 Å². The van der Waals surface area contributed by atoms with Gasteiger partial charge in [0, 0.05) is 13.1 Å². The Morgan fingerprint density at radius 2 is 2.24 bits per heavy atom. The quantitative estimate of drug-likeness (QED) is 0.553. The van der Waals surface area contributed by atoms with Gasteiger partial charge in [-0.15, -0.1) is 11.8 Å². The maximum atomic E-state index is 5.74. The lowest BCUT2D eigenvalue weighted by molar-refractivity contribution is 0.126. The first-order valence-electron chi connectivity index (χ1n) is 5.40. The zero-order chi connectivity index (χ0) is 12.7. The minimum atomic E-state index is 0.610. The van der Waals surface area contributed by atoms with Crippen LogP contribution in [0.25, 0.3) is 0 Å². The van der Waals surface area contributed by atoms with Gasteiger partial charge in [-0.05, 0) is 31.9 Å². The zero-order valence-corrected chi connectivity index (χ0v) is 12.2. The fourth-order valence-corrected chi connectivity index (χ4v) is 2.76. The summed E-state index contributed by atoms with van der Waals surface area (Å²) in [6.07, 6.45) is 2.00. The largest absolute Gasteiger partial charge is 0.382 e. The van der Waals surface area contributed by atoms with E-state index in [1.165, 1.54) is 11.5 Å². The van der Waals surface area contributed by atoms with Crippen molar-refractivity contribution < 1.29 is 4.74 Å². The van der Waals surface area contributed by atoms with Gasteiger partial charge < -0.3 is 20.7 Å². The van der Waals surface area contributed by atoms with E-state index in [-0.39, 0.29) is 0 Å². The molecule has 3 N–H and O–H groups in total. The lowest BCUT2D eigenvalue weighted by Gasteiger charge is -2.10. The van der Waals surface area contributed by atoms with Gasteiger partial charge >= 0.3 is 0 Å². The third-order valence-electron chi connectivity index (χ3n) is 2.09. The Morgan fingerprint density at radius 3 is 2.88 bits per heavy atom. The third-order valence-corrected chi connectivity index (χ3v) is 3.86.